The van der Waals surface area contributed by atoms with Gasteiger partial charge in [0.15, 0.2) is 11.5 Å². The smallest absolute Gasteiger partial charge is 0.198 e. The normalized spacial score (nSPS) is 11.2. The first-order valence-electron chi connectivity index (χ1n) is 7.04. The van der Waals surface area contributed by atoms with Crippen LogP contribution >= 0.6 is 0 Å². The number of nitrogens with zero attached hydrogens (tertiary/aromatic N) is 1. The molecule has 0 aliphatic rings. The third-order valence-corrected chi connectivity index (χ3v) is 3.37. The van der Waals surface area contributed by atoms with Crippen molar-refractivity contribution in [1.82, 2.24) is 4.98 Å². The Bertz CT molecular complexity index is 762. The Morgan fingerprint density at radius 3 is 2.76 bits per heavy atom. The molecule has 21 heavy (non-hydrogen) atoms. The molecule has 0 amide bonds. The van der Waals surface area contributed by atoms with Crippen LogP contribution in [-0.4, -0.2) is 10.1 Å². The second-order valence-electron chi connectivity index (χ2n) is 5.37. The van der Waals surface area contributed by atoms with Crippen molar-refractivity contribution in [2.75, 3.05) is 5.32 Å². The number of anilines is 1. The van der Waals surface area contributed by atoms with Crippen molar-refractivity contribution in [3.63, 3.8) is 0 Å². The molecule has 3 aromatic rings. The number of fused-ring (bicyclic) bond motifs is 1. The highest BCUT2D eigenvalue weighted by atomic mass is 16.3. The molecule has 2 N–H and O–H groups in total. The van der Waals surface area contributed by atoms with Crippen LogP contribution in [0.25, 0.3) is 11.1 Å². The molecule has 0 aliphatic heterocycles. The van der Waals surface area contributed by atoms with Crippen molar-refractivity contribution >= 4 is 16.8 Å². The van der Waals surface area contributed by atoms with Crippen molar-refractivity contribution in [2.24, 2.45) is 0 Å². The van der Waals surface area contributed by atoms with Gasteiger partial charge in [0.1, 0.15) is 11.3 Å². The van der Waals surface area contributed by atoms with E-state index in [4.69, 9.17) is 4.42 Å². The Kier molecular flexibility index (Phi) is 3.52. The number of nitrogens with one attached hydrogen (secondary N) is 1. The first-order chi connectivity index (χ1) is 10.1. The Morgan fingerprint density at radius 1 is 1.19 bits per heavy atom. The molecule has 4 nitrogen and oxygen atoms in total. The van der Waals surface area contributed by atoms with E-state index >= 15 is 0 Å². The number of para-hydroxylation sites is 1. The quantitative estimate of drug-likeness (QED) is 0.750. The van der Waals surface area contributed by atoms with Crippen LogP contribution in [0.3, 0.4) is 0 Å². The van der Waals surface area contributed by atoms with Crippen molar-refractivity contribution in [3.8, 4) is 5.75 Å². The van der Waals surface area contributed by atoms with E-state index < -0.39 is 0 Å². The van der Waals surface area contributed by atoms with Crippen LogP contribution < -0.4 is 5.32 Å². The Hall–Kier alpha value is -2.49. The molecule has 0 spiro atoms. The summed E-state index contributed by atoms with van der Waals surface area (Å²) in [7, 11) is 0. The zero-order valence-corrected chi connectivity index (χ0v) is 12.1. The number of hydrogen-bond acceptors (Lipinski definition) is 4. The molecular weight excluding hydrogens is 264 g/mol. The highest BCUT2D eigenvalue weighted by Crippen LogP contribution is 2.24. The zero-order valence-electron chi connectivity index (χ0n) is 12.1. The molecule has 0 unspecified atom stereocenters. The van der Waals surface area contributed by atoms with Gasteiger partial charge < -0.3 is 14.8 Å². The summed E-state index contributed by atoms with van der Waals surface area (Å²) < 4.78 is 5.69. The van der Waals surface area contributed by atoms with Gasteiger partial charge in [0.25, 0.3) is 0 Å². The van der Waals surface area contributed by atoms with Crippen molar-refractivity contribution in [2.45, 2.75) is 26.3 Å². The van der Waals surface area contributed by atoms with E-state index in [2.05, 4.69) is 24.1 Å². The molecule has 2 aromatic carbocycles. The van der Waals surface area contributed by atoms with Gasteiger partial charge in [-0.05, 0) is 24.3 Å². The molecule has 0 atom stereocenters. The summed E-state index contributed by atoms with van der Waals surface area (Å²) in [6.07, 6.45) is 0. The number of aromatic hydroxyl groups is 1. The lowest BCUT2D eigenvalue weighted by atomic mass is 10.2. The lowest BCUT2D eigenvalue weighted by Gasteiger charge is -2.07. The number of hydrogen-bond donors (Lipinski definition) is 2. The first-order valence-corrected chi connectivity index (χ1v) is 7.04. The fourth-order valence-electron chi connectivity index (χ4n) is 2.16. The van der Waals surface area contributed by atoms with Crippen LogP contribution in [0.15, 0.2) is 46.9 Å². The van der Waals surface area contributed by atoms with E-state index in [0.717, 1.165) is 28.2 Å². The molecule has 1 aromatic heterocycles. The lowest BCUT2D eigenvalue weighted by Crippen LogP contribution is -1.99. The van der Waals surface area contributed by atoms with E-state index in [1.165, 1.54) is 0 Å². The van der Waals surface area contributed by atoms with Crippen molar-refractivity contribution in [3.05, 3.63) is 53.9 Å². The maximum Gasteiger partial charge on any atom is 0.198 e. The Morgan fingerprint density at radius 2 is 2.00 bits per heavy atom. The van der Waals surface area contributed by atoms with Crippen molar-refractivity contribution in [1.29, 1.82) is 0 Å². The van der Waals surface area contributed by atoms with E-state index in [1.54, 1.807) is 6.07 Å². The molecule has 1 heterocycles. The number of oxazole rings is 1. The van der Waals surface area contributed by atoms with Crippen LogP contribution in [0.1, 0.15) is 31.2 Å². The summed E-state index contributed by atoms with van der Waals surface area (Å²) in [5.74, 6) is 1.33. The van der Waals surface area contributed by atoms with Crippen LogP contribution in [-0.2, 0) is 6.54 Å². The van der Waals surface area contributed by atoms with Gasteiger partial charge in [-0.2, -0.15) is 0 Å². The number of phenolic OH excluding ortho intramolecular Hbond substituents is 1. The predicted octanol–water partition coefficient (Wildman–Crippen LogP) is 4.27. The first kappa shape index (κ1) is 13.5. The maximum absolute atomic E-state index is 9.76. The minimum Gasteiger partial charge on any atom is -0.508 e. The summed E-state index contributed by atoms with van der Waals surface area (Å²) in [5, 5.41) is 13.0. The maximum atomic E-state index is 9.76. The van der Waals surface area contributed by atoms with Crippen molar-refractivity contribution < 1.29 is 9.52 Å². The number of aromatic nitrogens is 1. The van der Waals surface area contributed by atoms with Gasteiger partial charge in [-0.1, -0.05) is 32.0 Å². The monoisotopic (exact) mass is 282 g/mol. The number of benzene rings is 2. The third kappa shape index (κ3) is 2.84. The second kappa shape index (κ2) is 5.48. The van der Waals surface area contributed by atoms with Crippen LogP contribution in [0, 0.1) is 0 Å². The van der Waals surface area contributed by atoms with Gasteiger partial charge in [0.2, 0.25) is 0 Å². The van der Waals surface area contributed by atoms with Gasteiger partial charge in [-0.25, -0.2) is 4.98 Å². The number of rotatable bonds is 4. The summed E-state index contributed by atoms with van der Waals surface area (Å²) in [5.41, 5.74) is 3.46. The van der Waals surface area contributed by atoms with E-state index in [-0.39, 0.29) is 5.92 Å². The molecule has 4 heteroatoms. The minimum absolute atomic E-state index is 0.273. The van der Waals surface area contributed by atoms with Gasteiger partial charge in [-0.15, -0.1) is 0 Å². The van der Waals surface area contributed by atoms with Gasteiger partial charge in [0.05, 0.1) is 0 Å². The fraction of sp³-hybridized carbons (Fsp3) is 0.235. The van der Waals surface area contributed by atoms with E-state index in [9.17, 15) is 5.11 Å². The molecule has 108 valence electrons. The lowest BCUT2D eigenvalue weighted by molar-refractivity contribution is 0.469. The predicted molar refractivity (Wildman–Crippen MR) is 83.5 cm³/mol. The summed E-state index contributed by atoms with van der Waals surface area (Å²) in [6.45, 7) is 4.68. The molecule has 0 saturated heterocycles. The molecule has 0 radical (unpaired) electrons. The standard InChI is InChI=1S/C17H18N2O2/c1-11(2)17-19-14-9-13(7-8-16(14)21-17)18-10-12-5-3-4-6-15(12)20/h3-9,11,18,20H,10H2,1-2H3. The minimum atomic E-state index is 0.273. The van der Waals surface area contributed by atoms with Gasteiger partial charge in [-0.3, -0.25) is 0 Å². The fourth-order valence-corrected chi connectivity index (χ4v) is 2.16. The van der Waals surface area contributed by atoms with Gasteiger partial charge >= 0.3 is 0 Å². The SMILES string of the molecule is CC(C)c1nc2cc(NCc3ccccc3O)ccc2o1. The molecule has 0 bridgehead atoms. The molecule has 3 rings (SSSR count). The average molecular weight is 282 g/mol. The second-order valence-corrected chi connectivity index (χ2v) is 5.37. The molecule has 0 aliphatic carbocycles. The largest absolute Gasteiger partial charge is 0.508 e. The molecule has 0 saturated carbocycles. The van der Waals surface area contributed by atoms with Gasteiger partial charge in [0, 0.05) is 23.7 Å². The topological polar surface area (TPSA) is 58.3 Å². The third-order valence-electron chi connectivity index (χ3n) is 3.37. The Labute approximate surface area is 123 Å². The highest BCUT2D eigenvalue weighted by molar-refractivity contribution is 5.77. The van der Waals surface area contributed by atoms with Crippen LogP contribution in [0.4, 0.5) is 5.69 Å². The Balaban J connectivity index is 1.80. The van der Waals surface area contributed by atoms with E-state index in [0.29, 0.717) is 12.3 Å². The zero-order chi connectivity index (χ0) is 14.8. The summed E-state index contributed by atoms with van der Waals surface area (Å²) in [4.78, 5) is 4.49. The average Bonchev–Trinajstić information content (AvgIpc) is 2.90. The van der Waals surface area contributed by atoms with E-state index in [1.807, 2.05) is 36.4 Å². The highest BCUT2D eigenvalue weighted by Gasteiger charge is 2.09. The van der Waals surface area contributed by atoms with Crippen LogP contribution in [0.5, 0.6) is 5.75 Å². The summed E-state index contributed by atoms with van der Waals surface area (Å²) in [6, 6.07) is 13.1. The number of phenols is 1. The van der Waals surface area contributed by atoms with Crippen LogP contribution in [0.2, 0.25) is 0 Å². The molecular formula is C17H18N2O2. The molecule has 0 fully saturated rings. The summed E-state index contributed by atoms with van der Waals surface area (Å²) >= 11 is 0.